The Morgan fingerprint density at radius 2 is 1.83 bits per heavy atom. The van der Waals surface area contributed by atoms with Crippen molar-refractivity contribution in [1.82, 2.24) is 5.32 Å². The Balaban J connectivity index is 1.51. The molecule has 2 aromatic rings. The zero-order valence-corrected chi connectivity index (χ0v) is 17.3. The first-order valence-electron chi connectivity index (χ1n) is 9.94. The maximum Gasteiger partial charge on any atom is 0.263 e. The van der Waals surface area contributed by atoms with Gasteiger partial charge in [0.05, 0.1) is 12.6 Å². The molecule has 0 radical (unpaired) electrons. The minimum absolute atomic E-state index is 0.0132. The summed E-state index contributed by atoms with van der Waals surface area (Å²) >= 11 is 1.72. The summed E-state index contributed by atoms with van der Waals surface area (Å²) in [6.07, 6.45) is 1.17. The van der Waals surface area contributed by atoms with Gasteiger partial charge in [-0.05, 0) is 42.7 Å². The van der Waals surface area contributed by atoms with Gasteiger partial charge in [-0.15, -0.1) is 11.8 Å². The number of hydrogen-bond acceptors (Lipinski definition) is 3. The predicted octanol–water partition coefficient (Wildman–Crippen LogP) is 5.97. The predicted molar refractivity (Wildman–Crippen MR) is 116 cm³/mol. The third-order valence-corrected chi connectivity index (χ3v) is 6.50. The Morgan fingerprint density at radius 1 is 1.10 bits per heavy atom. The Labute approximate surface area is 179 Å². The van der Waals surface area contributed by atoms with Gasteiger partial charge in [-0.3, -0.25) is 9.18 Å². The highest BCUT2D eigenvalue weighted by molar-refractivity contribution is 8.00. The lowest BCUT2D eigenvalue weighted by Crippen LogP contribution is -2.43. The van der Waals surface area contributed by atoms with Crippen LogP contribution in [0.25, 0.3) is 0 Å². The maximum atomic E-state index is 12.9. The Kier molecular flexibility index (Phi) is 8.25. The van der Waals surface area contributed by atoms with E-state index in [9.17, 15) is 18.0 Å². The molecule has 1 aliphatic rings. The fourth-order valence-corrected chi connectivity index (χ4v) is 4.50. The number of hydrogen-bond donors (Lipinski definition) is 2. The normalized spacial score (nSPS) is 18.7. The molecule has 3 rings (SSSR count). The molecule has 2 unspecified atom stereocenters. The smallest absolute Gasteiger partial charge is 0.263 e. The molecule has 160 valence electrons. The molecule has 2 aromatic carbocycles. The van der Waals surface area contributed by atoms with Crippen molar-refractivity contribution in [3.8, 4) is 0 Å². The molecular formula is C23H25F3N2OS. The third-order valence-electron chi connectivity index (χ3n) is 5.09. The molecule has 0 heterocycles. The number of nitrogens with one attached hydrogen (secondary N) is 2. The van der Waals surface area contributed by atoms with Crippen molar-refractivity contribution in [3.63, 3.8) is 0 Å². The topological polar surface area (TPSA) is 41.1 Å². The number of benzene rings is 2. The SMILES string of the molecule is O=C(NC/C(=C/Nc1ccc(C(F)F)cc1)CCF)C1CCC1Sc1ccccc1. The zero-order chi connectivity index (χ0) is 21.3. The molecule has 2 atom stereocenters. The number of carbonyl (C=O) groups is 1. The summed E-state index contributed by atoms with van der Waals surface area (Å²) in [5, 5.41) is 6.17. The summed E-state index contributed by atoms with van der Waals surface area (Å²) in [4.78, 5) is 13.7. The Hall–Kier alpha value is -2.41. The lowest BCUT2D eigenvalue weighted by Gasteiger charge is -2.35. The summed E-state index contributed by atoms with van der Waals surface area (Å²) in [5.74, 6) is -0.0580. The van der Waals surface area contributed by atoms with Crippen molar-refractivity contribution >= 4 is 23.4 Å². The third kappa shape index (κ3) is 6.29. The molecule has 0 bridgehead atoms. The minimum atomic E-state index is -2.51. The number of amides is 1. The Morgan fingerprint density at radius 3 is 2.43 bits per heavy atom. The molecule has 7 heteroatoms. The van der Waals surface area contributed by atoms with E-state index < -0.39 is 13.1 Å². The molecule has 30 heavy (non-hydrogen) atoms. The van der Waals surface area contributed by atoms with Gasteiger partial charge in [-0.2, -0.15) is 0 Å². The van der Waals surface area contributed by atoms with Gasteiger partial charge in [-0.1, -0.05) is 30.3 Å². The van der Waals surface area contributed by atoms with E-state index in [2.05, 4.69) is 10.6 Å². The lowest BCUT2D eigenvalue weighted by atomic mass is 9.84. The van der Waals surface area contributed by atoms with Gasteiger partial charge < -0.3 is 10.6 Å². The van der Waals surface area contributed by atoms with Crippen molar-refractivity contribution in [3.05, 3.63) is 71.9 Å². The van der Waals surface area contributed by atoms with Gasteiger partial charge in [-0.25, -0.2) is 8.78 Å². The molecular weight excluding hydrogens is 409 g/mol. The average molecular weight is 435 g/mol. The first-order valence-corrected chi connectivity index (χ1v) is 10.8. The highest BCUT2D eigenvalue weighted by Gasteiger charge is 2.37. The first kappa shape index (κ1) is 22.3. The monoisotopic (exact) mass is 434 g/mol. The van der Waals surface area contributed by atoms with E-state index in [1.54, 1.807) is 30.1 Å². The first-order chi connectivity index (χ1) is 14.6. The number of carbonyl (C=O) groups excluding carboxylic acids is 1. The molecule has 3 nitrogen and oxygen atoms in total. The second-order valence-electron chi connectivity index (χ2n) is 7.18. The van der Waals surface area contributed by atoms with E-state index in [0.29, 0.717) is 11.3 Å². The lowest BCUT2D eigenvalue weighted by molar-refractivity contribution is -0.126. The van der Waals surface area contributed by atoms with Crippen molar-refractivity contribution < 1.29 is 18.0 Å². The summed E-state index contributed by atoms with van der Waals surface area (Å²) in [5.41, 5.74) is 1.28. The van der Waals surface area contributed by atoms with Crippen LogP contribution in [0.2, 0.25) is 0 Å². The molecule has 2 N–H and O–H groups in total. The highest BCUT2D eigenvalue weighted by atomic mass is 32.2. The number of anilines is 1. The van der Waals surface area contributed by atoms with Crippen molar-refractivity contribution in [2.24, 2.45) is 5.92 Å². The summed E-state index contributed by atoms with van der Waals surface area (Å²) in [7, 11) is 0. The van der Waals surface area contributed by atoms with Crippen LogP contribution in [0.1, 0.15) is 31.3 Å². The van der Waals surface area contributed by atoms with Crippen molar-refractivity contribution in [2.45, 2.75) is 35.8 Å². The van der Waals surface area contributed by atoms with E-state index in [-0.39, 0.29) is 35.6 Å². The molecule has 1 saturated carbocycles. The maximum absolute atomic E-state index is 12.9. The quantitative estimate of drug-likeness (QED) is 0.484. The van der Waals surface area contributed by atoms with Gasteiger partial charge in [0.25, 0.3) is 6.43 Å². The van der Waals surface area contributed by atoms with Crippen molar-refractivity contribution in [2.75, 3.05) is 18.5 Å². The van der Waals surface area contributed by atoms with E-state index >= 15 is 0 Å². The number of alkyl halides is 3. The van der Waals surface area contributed by atoms with Crippen LogP contribution >= 0.6 is 11.8 Å². The fraction of sp³-hybridized carbons (Fsp3) is 0.348. The largest absolute Gasteiger partial charge is 0.362 e. The van der Waals surface area contributed by atoms with Gasteiger partial charge in [0.15, 0.2) is 0 Å². The Bertz CT molecular complexity index is 843. The molecule has 1 fully saturated rings. The van der Waals surface area contributed by atoms with Gasteiger partial charge in [0, 0.05) is 40.6 Å². The standard InChI is InChI=1S/C23H25F3N2OS/c24-13-12-16(14-27-18-8-6-17(7-9-18)22(25)26)15-28-23(29)20-10-11-21(20)30-19-4-2-1-3-5-19/h1-9,14,20-22,27H,10-13,15H2,(H,28,29)/b16-14+. The van der Waals surface area contributed by atoms with Crippen LogP contribution in [0, 0.1) is 5.92 Å². The average Bonchev–Trinajstić information content (AvgIpc) is 2.74. The zero-order valence-electron chi connectivity index (χ0n) is 16.5. The van der Waals surface area contributed by atoms with Gasteiger partial charge >= 0.3 is 0 Å². The summed E-state index contributed by atoms with van der Waals surface area (Å²) in [6.45, 7) is -0.284. The van der Waals surface area contributed by atoms with E-state index in [1.165, 1.54) is 12.1 Å². The second-order valence-corrected chi connectivity index (χ2v) is 8.49. The van der Waals surface area contributed by atoms with Crippen LogP contribution in [-0.2, 0) is 4.79 Å². The summed E-state index contributed by atoms with van der Waals surface area (Å²) in [6, 6.07) is 15.8. The van der Waals surface area contributed by atoms with Crippen LogP contribution in [0.15, 0.2) is 71.3 Å². The highest BCUT2D eigenvalue weighted by Crippen LogP contribution is 2.41. The summed E-state index contributed by atoms with van der Waals surface area (Å²) < 4.78 is 38.2. The number of rotatable bonds is 10. The van der Waals surface area contributed by atoms with Crippen LogP contribution < -0.4 is 10.6 Å². The van der Waals surface area contributed by atoms with E-state index in [4.69, 9.17) is 0 Å². The van der Waals surface area contributed by atoms with Crippen LogP contribution in [0.4, 0.5) is 18.9 Å². The molecule has 0 aromatic heterocycles. The van der Waals surface area contributed by atoms with Gasteiger partial charge in [0.1, 0.15) is 0 Å². The molecule has 0 spiro atoms. The van der Waals surface area contributed by atoms with Crippen molar-refractivity contribution in [1.29, 1.82) is 0 Å². The molecule has 0 saturated heterocycles. The molecule has 1 aliphatic carbocycles. The van der Waals surface area contributed by atoms with Gasteiger partial charge in [0.2, 0.25) is 5.91 Å². The minimum Gasteiger partial charge on any atom is -0.362 e. The molecule has 1 amide bonds. The number of halogens is 3. The van der Waals surface area contributed by atoms with Crippen LogP contribution in [0.5, 0.6) is 0 Å². The van der Waals surface area contributed by atoms with E-state index in [1.807, 2.05) is 30.3 Å². The molecule has 0 aliphatic heterocycles. The van der Waals surface area contributed by atoms with Crippen LogP contribution in [-0.4, -0.2) is 24.4 Å². The second kappa shape index (κ2) is 11.1. The van der Waals surface area contributed by atoms with Crippen LogP contribution in [0.3, 0.4) is 0 Å². The number of thioether (sulfide) groups is 1. The fourth-order valence-electron chi connectivity index (χ4n) is 3.16. The van der Waals surface area contributed by atoms with E-state index in [0.717, 1.165) is 17.7 Å².